The van der Waals surface area contributed by atoms with Crippen LogP contribution in [-0.2, 0) is 6.42 Å². The van der Waals surface area contributed by atoms with Crippen molar-refractivity contribution in [2.45, 2.75) is 6.42 Å². The summed E-state index contributed by atoms with van der Waals surface area (Å²) in [4.78, 5) is 8.77. The molecule has 1 N–H and O–H groups in total. The van der Waals surface area contributed by atoms with Crippen LogP contribution in [-0.4, -0.2) is 23.6 Å². The SMILES string of the molecule is CN1NCCc2c(-c3ccccc3)ncnc21. The van der Waals surface area contributed by atoms with Crippen LogP contribution in [0, 0.1) is 0 Å². The second-order valence-corrected chi connectivity index (χ2v) is 4.11. The zero-order valence-corrected chi connectivity index (χ0v) is 9.72. The lowest BCUT2D eigenvalue weighted by Gasteiger charge is -2.27. The number of nitrogens with zero attached hydrogens (tertiary/aromatic N) is 3. The summed E-state index contributed by atoms with van der Waals surface area (Å²) < 4.78 is 0. The van der Waals surface area contributed by atoms with Crippen LogP contribution in [0.3, 0.4) is 0 Å². The summed E-state index contributed by atoms with van der Waals surface area (Å²) in [5, 5.41) is 1.97. The first kappa shape index (κ1) is 10.2. The van der Waals surface area contributed by atoms with Crippen molar-refractivity contribution in [3.63, 3.8) is 0 Å². The van der Waals surface area contributed by atoms with E-state index in [-0.39, 0.29) is 0 Å². The molecule has 0 unspecified atom stereocenters. The largest absolute Gasteiger partial charge is 0.295 e. The van der Waals surface area contributed by atoms with Crippen molar-refractivity contribution in [1.82, 2.24) is 15.4 Å². The molecule has 2 heterocycles. The van der Waals surface area contributed by atoms with Gasteiger partial charge in [0.05, 0.1) is 5.69 Å². The molecular formula is C13H14N4. The molecule has 2 aromatic rings. The van der Waals surface area contributed by atoms with Gasteiger partial charge in [-0.25, -0.2) is 15.4 Å². The van der Waals surface area contributed by atoms with Crippen molar-refractivity contribution in [2.24, 2.45) is 0 Å². The van der Waals surface area contributed by atoms with Crippen LogP contribution >= 0.6 is 0 Å². The summed E-state index contributed by atoms with van der Waals surface area (Å²) in [5.41, 5.74) is 6.68. The minimum Gasteiger partial charge on any atom is -0.295 e. The first-order valence-electron chi connectivity index (χ1n) is 5.73. The molecule has 4 nitrogen and oxygen atoms in total. The molecule has 0 fully saturated rings. The minimum atomic E-state index is 0.927. The fraction of sp³-hybridized carbons (Fsp3) is 0.231. The van der Waals surface area contributed by atoms with E-state index in [4.69, 9.17) is 0 Å². The molecule has 0 saturated heterocycles. The Morgan fingerprint density at radius 3 is 2.82 bits per heavy atom. The average Bonchev–Trinajstić information content (AvgIpc) is 2.40. The summed E-state index contributed by atoms with van der Waals surface area (Å²) in [6.07, 6.45) is 2.59. The van der Waals surface area contributed by atoms with Gasteiger partial charge >= 0.3 is 0 Å². The zero-order chi connectivity index (χ0) is 11.7. The summed E-state index contributed by atoms with van der Waals surface area (Å²) in [5.74, 6) is 0.977. The monoisotopic (exact) mass is 226 g/mol. The maximum Gasteiger partial charge on any atom is 0.149 e. The molecule has 0 atom stereocenters. The first-order chi connectivity index (χ1) is 8.36. The van der Waals surface area contributed by atoms with E-state index in [2.05, 4.69) is 27.5 Å². The Morgan fingerprint density at radius 2 is 2.00 bits per heavy atom. The number of fused-ring (bicyclic) bond motifs is 1. The fourth-order valence-electron chi connectivity index (χ4n) is 2.19. The van der Waals surface area contributed by atoms with Gasteiger partial charge in [-0.05, 0) is 6.42 Å². The molecule has 0 radical (unpaired) electrons. The van der Waals surface area contributed by atoms with Crippen LogP contribution in [0.15, 0.2) is 36.7 Å². The summed E-state index contributed by atoms with van der Waals surface area (Å²) in [6, 6.07) is 10.3. The van der Waals surface area contributed by atoms with Crippen LogP contribution in [0.2, 0.25) is 0 Å². The molecule has 0 saturated carbocycles. The van der Waals surface area contributed by atoms with Crippen LogP contribution in [0.4, 0.5) is 5.82 Å². The van der Waals surface area contributed by atoms with E-state index >= 15 is 0 Å². The maximum absolute atomic E-state index is 4.43. The van der Waals surface area contributed by atoms with Crippen LogP contribution in [0.5, 0.6) is 0 Å². The Labute approximate surface area is 100 Å². The Bertz CT molecular complexity index is 524. The highest BCUT2D eigenvalue weighted by Crippen LogP contribution is 2.28. The van der Waals surface area contributed by atoms with E-state index in [0.29, 0.717) is 0 Å². The van der Waals surface area contributed by atoms with Crippen LogP contribution in [0.25, 0.3) is 11.3 Å². The molecule has 3 rings (SSSR count). The number of aromatic nitrogens is 2. The molecule has 4 heteroatoms. The Kier molecular flexibility index (Phi) is 2.49. The van der Waals surface area contributed by atoms with E-state index in [9.17, 15) is 0 Å². The number of hydrogen-bond acceptors (Lipinski definition) is 4. The Morgan fingerprint density at radius 1 is 1.18 bits per heavy atom. The molecule has 1 aromatic carbocycles. The molecule has 17 heavy (non-hydrogen) atoms. The second kappa shape index (κ2) is 4.14. The smallest absolute Gasteiger partial charge is 0.149 e. The molecule has 1 aliphatic heterocycles. The van der Waals surface area contributed by atoms with Gasteiger partial charge in [0.1, 0.15) is 12.1 Å². The molecule has 1 aliphatic rings. The lowest BCUT2D eigenvalue weighted by molar-refractivity contribution is 0.628. The predicted octanol–water partition coefficient (Wildman–Crippen LogP) is 1.64. The molecule has 0 spiro atoms. The number of hydrogen-bond donors (Lipinski definition) is 1. The van der Waals surface area contributed by atoms with Crippen molar-refractivity contribution in [1.29, 1.82) is 0 Å². The van der Waals surface area contributed by atoms with Crippen LogP contribution in [0.1, 0.15) is 5.56 Å². The van der Waals surface area contributed by atoms with Crippen molar-refractivity contribution >= 4 is 5.82 Å². The van der Waals surface area contributed by atoms with Gasteiger partial charge < -0.3 is 0 Å². The Balaban J connectivity index is 2.16. The van der Waals surface area contributed by atoms with E-state index in [1.54, 1.807) is 6.33 Å². The highest BCUT2D eigenvalue weighted by Gasteiger charge is 2.19. The maximum atomic E-state index is 4.43. The van der Waals surface area contributed by atoms with E-state index < -0.39 is 0 Å². The Hall–Kier alpha value is -1.94. The highest BCUT2D eigenvalue weighted by molar-refractivity contribution is 5.69. The third-order valence-corrected chi connectivity index (χ3v) is 3.01. The third kappa shape index (κ3) is 1.76. The van der Waals surface area contributed by atoms with Gasteiger partial charge in [0, 0.05) is 24.7 Å². The molecule has 0 bridgehead atoms. The number of anilines is 1. The minimum absolute atomic E-state index is 0.927. The number of hydrazine groups is 1. The lowest BCUT2D eigenvalue weighted by Crippen LogP contribution is -2.41. The van der Waals surface area contributed by atoms with Gasteiger partial charge in [-0.3, -0.25) is 5.01 Å². The third-order valence-electron chi connectivity index (χ3n) is 3.01. The van der Waals surface area contributed by atoms with Gasteiger partial charge in [0.2, 0.25) is 0 Å². The normalized spacial score (nSPS) is 14.5. The molecule has 1 aromatic heterocycles. The molecule has 0 amide bonds. The van der Waals surface area contributed by atoms with Crippen molar-refractivity contribution in [3.8, 4) is 11.3 Å². The molecular weight excluding hydrogens is 212 g/mol. The highest BCUT2D eigenvalue weighted by atomic mass is 15.5. The van der Waals surface area contributed by atoms with E-state index in [1.807, 2.05) is 30.3 Å². The van der Waals surface area contributed by atoms with Gasteiger partial charge in [-0.2, -0.15) is 0 Å². The lowest BCUT2D eigenvalue weighted by atomic mass is 10.0. The van der Waals surface area contributed by atoms with Gasteiger partial charge in [-0.1, -0.05) is 30.3 Å². The number of benzene rings is 1. The summed E-state index contributed by atoms with van der Waals surface area (Å²) in [7, 11) is 1.99. The van der Waals surface area contributed by atoms with E-state index in [1.165, 1.54) is 5.56 Å². The van der Waals surface area contributed by atoms with Crippen LogP contribution < -0.4 is 10.4 Å². The number of rotatable bonds is 1. The topological polar surface area (TPSA) is 41.0 Å². The van der Waals surface area contributed by atoms with Crippen molar-refractivity contribution in [2.75, 3.05) is 18.6 Å². The van der Waals surface area contributed by atoms with Gasteiger partial charge in [-0.15, -0.1) is 0 Å². The average molecular weight is 226 g/mol. The quantitative estimate of drug-likeness (QED) is 0.802. The summed E-state index contributed by atoms with van der Waals surface area (Å²) in [6.45, 7) is 0.927. The predicted molar refractivity (Wildman–Crippen MR) is 67.6 cm³/mol. The summed E-state index contributed by atoms with van der Waals surface area (Å²) >= 11 is 0. The molecule has 86 valence electrons. The second-order valence-electron chi connectivity index (χ2n) is 4.11. The zero-order valence-electron chi connectivity index (χ0n) is 9.72. The standard InChI is InChI=1S/C13H14N4/c1-17-13-11(7-8-16-17)12(14-9-15-13)10-5-3-2-4-6-10/h2-6,9,16H,7-8H2,1H3. The van der Waals surface area contributed by atoms with E-state index in [0.717, 1.165) is 30.0 Å². The van der Waals surface area contributed by atoms with Gasteiger partial charge in [0.25, 0.3) is 0 Å². The number of nitrogens with one attached hydrogen (secondary N) is 1. The van der Waals surface area contributed by atoms with Crippen molar-refractivity contribution < 1.29 is 0 Å². The van der Waals surface area contributed by atoms with Gasteiger partial charge in [0.15, 0.2) is 0 Å². The first-order valence-corrected chi connectivity index (χ1v) is 5.73. The molecule has 0 aliphatic carbocycles. The fourth-order valence-corrected chi connectivity index (χ4v) is 2.19. The van der Waals surface area contributed by atoms with Crippen molar-refractivity contribution in [3.05, 3.63) is 42.2 Å².